The zero-order valence-electron chi connectivity index (χ0n) is 12.3. The number of hydrogen-bond donors (Lipinski definition) is 0. The third-order valence-electron chi connectivity index (χ3n) is 4.22. The lowest BCUT2D eigenvalue weighted by atomic mass is 10.2. The quantitative estimate of drug-likeness (QED) is 0.864. The molecule has 114 valence electrons. The molecule has 4 rings (SSSR count). The molecule has 1 saturated heterocycles. The number of rotatable bonds is 3. The Hall–Kier alpha value is -2.37. The van der Waals surface area contributed by atoms with Crippen molar-refractivity contribution in [3.05, 3.63) is 30.3 Å². The lowest BCUT2D eigenvalue weighted by Gasteiger charge is -2.33. The van der Waals surface area contributed by atoms with E-state index in [2.05, 4.69) is 15.1 Å². The number of anilines is 1. The van der Waals surface area contributed by atoms with Crippen LogP contribution < -0.4 is 4.90 Å². The van der Waals surface area contributed by atoms with Crippen LogP contribution in [-0.2, 0) is 4.79 Å². The van der Waals surface area contributed by atoms with Crippen LogP contribution in [0.3, 0.4) is 0 Å². The highest BCUT2D eigenvalue weighted by atomic mass is 16.4. The molecule has 2 heterocycles. The topological polar surface area (TPSA) is 62.5 Å². The molecule has 0 bridgehead atoms. The minimum Gasteiger partial charge on any atom is -0.403 e. The van der Waals surface area contributed by atoms with Gasteiger partial charge in [-0.2, -0.15) is 0 Å². The number of benzene rings is 1. The van der Waals surface area contributed by atoms with E-state index in [4.69, 9.17) is 4.42 Å². The van der Waals surface area contributed by atoms with Gasteiger partial charge in [0, 0.05) is 37.7 Å². The Morgan fingerprint density at radius 3 is 2.45 bits per heavy atom. The van der Waals surface area contributed by atoms with Crippen LogP contribution >= 0.6 is 0 Å². The summed E-state index contributed by atoms with van der Waals surface area (Å²) in [6.07, 6.45) is 2.12. The molecule has 2 aromatic rings. The molecule has 0 N–H and O–H groups in total. The minimum absolute atomic E-state index is 0.291. The van der Waals surface area contributed by atoms with Crippen molar-refractivity contribution in [1.29, 1.82) is 0 Å². The molecule has 2 aliphatic rings. The molecule has 1 aliphatic heterocycles. The summed E-state index contributed by atoms with van der Waals surface area (Å²) in [6, 6.07) is 10.3. The van der Waals surface area contributed by atoms with Crippen LogP contribution in [0.2, 0.25) is 0 Å². The SMILES string of the molecule is O=C(C1CC1)N1CCN(c2nnc(-c3ccccc3)o2)CC1. The Bertz CT molecular complexity index is 658. The van der Waals surface area contributed by atoms with E-state index in [1.807, 2.05) is 35.2 Å². The van der Waals surface area contributed by atoms with Crippen LogP contribution in [-0.4, -0.2) is 47.2 Å². The van der Waals surface area contributed by atoms with Crippen molar-refractivity contribution < 1.29 is 9.21 Å². The van der Waals surface area contributed by atoms with E-state index in [0.29, 0.717) is 23.7 Å². The van der Waals surface area contributed by atoms with Crippen LogP contribution in [0.15, 0.2) is 34.7 Å². The second-order valence-corrected chi connectivity index (χ2v) is 5.84. The first-order valence-corrected chi connectivity index (χ1v) is 7.74. The monoisotopic (exact) mass is 298 g/mol. The smallest absolute Gasteiger partial charge is 0.318 e. The van der Waals surface area contributed by atoms with Gasteiger partial charge in [-0.1, -0.05) is 23.3 Å². The first-order chi connectivity index (χ1) is 10.8. The van der Waals surface area contributed by atoms with Crippen molar-refractivity contribution in [3.8, 4) is 11.5 Å². The van der Waals surface area contributed by atoms with Crippen LogP contribution in [0, 0.1) is 5.92 Å². The molecule has 1 aromatic heterocycles. The summed E-state index contributed by atoms with van der Waals surface area (Å²) in [6.45, 7) is 2.96. The predicted octanol–water partition coefficient (Wildman–Crippen LogP) is 1.80. The molecule has 1 aliphatic carbocycles. The molecule has 2 fully saturated rings. The highest BCUT2D eigenvalue weighted by Crippen LogP contribution is 2.31. The predicted molar refractivity (Wildman–Crippen MR) is 81.3 cm³/mol. The van der Waals surface area contributed by atoms with Gasteiger partial charge >= 0.3 is 6.01 Å². The van der Waals surface area contributed by atoms with Crippen molar-refractivity contribution in [2.45, 2.75) is 12.8 Å². The number of hydrogen-bond acceptors (Lipinski definition) is 5. The molecule has 0 unspecified atom stereocenters. The second kappa shape index (κ2) is 5.44. The highest BCUT2D eigenvalue weighted by Gasteiger charge is 2.35. The van der Waals surface area contributed by atoms with Gasteiger partial charge in [-0.25, -0.2) is 0 Å². The molecular weight excluding hydrogens is 280 g/mol. The van der Waals surface area contributed by atoms with Gasteiger partial charge in [-0.05, 0) is 25.0 Å². The van der Waals surface area contributed by atoms with E-state index in [1.165, 1.54) is 0 Å². The average molecular weight is 298 g/mol. The number of carbonyl (C=O) groups is 1. The van der Waals surface area contributed by atoms with Gasteiger partial charge in [0.25, 0.3) is 0 Å². The molecule has 1 amide bonds. The third kappa shape index (κ3) is 2.56. The van der Waals surface area contributed by atoms with Crippen LogP contribution in [0.5, 0.6) is 0 Å². The maximum atomic E-state index is 12.0. The fraction of sp³-hybridized carbons (Fsp3) is 0.438. The molecule has 0 atom stereocenters. The minimum atomic E-state index is 0.291. The molecule has 0 spiro atoms. The molecule has 0 radical (unpaired) electrons. The second-order valence-electron chi connectivity index (χ2n) is 5.84. The number of piperazine rings is 1. The van der Waals surface area contributed by atoms with Crippen LogP contribution in [0.1, 0.15) is 12.8 Å². The van der Waals surface area contributed by atoms with Gasteiger partial charge in [-0.3, -0.25) is 4.79 Å². The van der Waals surface area contributed by atoms with Crippen molar-refractivity contribution >= 4 is 11.9 Å². The molecule has 6 nitrogen and oxygen atoms in total. The third-order valence-corrected chi connectivity index (χ3v) is 4.22. The van der Waals surface area contributed by atoms with Gasteiger partial charge in [-0.15, -0.1) is 5.10 Å². The van der Waals surface area contributed by atoms with Gasteiger partial charge in [0.05, 0.1) is 0 Å². The zero-order chi connectivity index (χ0) is 14.9. The normalized spacial score (nSPS) is 18.5. The molecule has 1 saturated carbocycles. The summed E-state index contributed by atoms with van der Waals surface area (Å²) in [7, 11) is 0. The van der Waals surface area contributed by atoms with Gasteiger partial charge in [0.15, 0.2) is 0 Å². The standard InChI is InChI=1S/C16H18N4O2/c21-15(13-6-7-13)19-8-10-20(11-9-19)16-18-17-14(22-16)12-4-2-1-3-5-12/h1-5,13H,6-11H2. The van der Waals surface area contributed by atoms with Gasteiger partial charge < -0.3 is 14.2 Å². The number of aromatic nitrogens is 2. The Labute approximate surface area is 128 Å². The summed E-state index contributed by atoms with van der Waals surface area (Å²) >= 11 is 0. The zero-order valence-corrected chi connectivity index (χ0v) is 12.3. The lowest BCUT2D eigenvalue weighted by Crippen LogP contribution is -2.49. The van der Waals surface area contributed by atoms with Gasteiger partial charge in [0.1, 0.15) is 0 Å². The van der Waals surface area contributed by atoms with E-state index in [1.54, 1.807) is 0 Å². The van der Waals surface area contributed by atoms with Crippen LogP contribution in [0.25, 0.3) is 11.5 Å². The maximum absolute atomic E-state index is 12.0. The fourth-order valence-electron chi connectivity index (χ4n) is 2.75. The number of amides is 1. The van der Waals surface area contributed by atoms with E-state index < -0.39 is 0 Å². The first kappa shape index (κ1) is 13.3. The fourth-order valence-corrected chi connectivity index (χ4v) is 2.75. The lowest BCUT2D eigenvalue weighted by molar-refractivity contribution is -0.132. The Morgan fingerprint density at radius 2 is 1.77 bits per heavy atom. The van der Waals surface area contributed by atoms with E-state index in [0.717, 1.165) is 44.6 Å². The van der Waals surface area contributed by atoms with Crippen molar-refractivity contribution in [2.24, 2.45) is 5.92 Å². The molecule has 6 heteroatoms. The molecule has 22 heavy (non-hydrogen) atoms. The van der Waals surface area contributed by atoms with E-state index in [-0.39, 0.29) is 0 Å². The van der Waals surface area contributed by atoms with Crippen LogP contribution in [0.4, 0.5) is 6.01 Å². The summed E-state index contributed by atoms with van der Waals surface area (Å²) in [5, 5.41) is 8.25. The first-order valence-electron chi connectivity index (χ1n) is 7.74. The van der Waals surface area contributed by atoms with Gasteiger partial charge in [0.2, 0.25) is 11.8 Å². The summed E-state index contributed by atoms with van der Waals surface area (Å²) in [4.78, 5) is 16.1. The largest absolute Gasteiger partial charge is 0.403 e. The Balaban J connectivity index is 1.41. The van der Waals surface area contributed by atoms with Crippen molar-refractivity contribution in [3.63, 3.8) is 0 Å². The van der Waals surface area contributed by atoms with Crippen molar-refractivity contribution in [1.82, 2.24) is 15.1 Å². The Morgan fingerprint density at radius 1 is 1.05 bits per heavy atom. The average Bonchev–Trinajstić information content (AvgIpc) is 3.32. The number of nitrogens with zero attached hydrogens (tertiary/aromatic N) is 4. The highest BCUT2D eigenvalue weighted by molar-refractivity contribution is 5.81. The molecular formula is C16H18N4O2. The Kier molecular flexibility index (Phi) is 3.29. The maximum Gasteiger partial charge on any atom is 0.318 e. The number of carbonyl (C=O) groups excluding carboxylic acids is 1. The summed E-state index contributed by atoms with van der Waals surface area (Å²) < 4.78 is 5.76. The van der Waals surface area contributed by atoms with E-state index in [9.17, 15) is 4.79 Å². The summed E-state index contributed by atoms with van der Waals surface area (Å²) in [5.74, 6) is 1.14. The van der Waals surface area contributed by atoms with E-state index >= 15 is 0 Å². The van der Waals surface area contributed by atoms with Crippen molar-refractivity contribution in [2.75, 3.05) is 31.1 Å². The summed E-state index contributed by atoms with van der Waals surface area (Å²) in [5.41, 5.74) is 0.920. The molecule has 1 aromatic carbocycles.